The molecular weight excluding hydrogens is 286 g/mol. The molecule has 0 fully saturated rings. The van der Waals surface area contributed by atoms with Gasteiger partial charge < -0.3 is 14.4 Å². The van der Waals surface area contributed by atoms with Gasteiger partial charge in [-0.15, -0.1) is 0 Å². The van der Waals surface area contributed by atoms with Crippen LogP contribution in [0.3, 0.4) is 0 Å². The van der Waals surface area contributed by atoms with Gasteiger partial charge in [0.05, 0.1) is 17.1 Å². The third-order valence-electron chi connectivity index (χ3n) is 3.93. The average molecular weight is 300 g/mol. The van der Waals surface area contributed by atoms with Crippen molar-refractivity contribution < 1.29 is 9.84 Å². The molecule has 1 atom stereocenters. The minimum absolute atomic E-state index is 0.00785. The van der Waals surface area contributed by atoms with Crippen LogP contribution in [0, 0.1) is 0 Å². The highest BCUT2D eigenvalue weighted by molar-refractivity contribution is 6.37. The first kappa shape index (κ1) is 12.7. The van der Waals surface area contributed by atoms with Gasteiger partial charge in [0.1, 0.15) is 11.9 Å². The summed E-state index contributed by atoms with van der Waals surface area (Å²) in [5.74, 6) is 0.717. The van der Waals surface area contributed by atoms with Crippen LogP contribution in [0.1, 0.15) is 5.56 Å². The molecule has 2 heterocycles. The van der Waals surface area contributed by atoms with Crippen molar-refractivity contribution >= 4 is 22.5 Å². The molecule has 1 aliphatic rings. The summed E-state index contributed by atoms with van der Waals surface area (Å²) >= 11 is 6.49. The minimum atomic E-state index is -0.186. The molecule has 0 saturated heterocycles. The maximum Gasteiger partial charge on any atom is 0.142 e. The summed E-state index contributed by atoms with van der Waals surface area (Å²) in [5, 5.41) is 10.9. The molecule has 4 heteroatoms. The first-order valence-electron chi connectivity index (χ1n) is 6.93. The van der Waals surface area contributed by atoms with Crippen molar-refractivity contribution in [3.05, 3.63) is 59.2 Å². The molecule has 0 amide bonds. The largest absolute Gasteiger partial charge is 0.486 e. The van der Waals surface area contributed by atoms with E-state index in [1.165, 1.54) is 0 Å². The zero-order valence-corrected chi connectivity index (χ0v) is 12.0. The van der Waals surface area contributed by atoms with Crippen molar-refractivity contribution in [3.63, 3.8) is 0 Å². The maximum atomic E-state index is 9.28. The van der Waals surface area contributed by atoms with E-state index in [-0.39, 0.29) is 12.7 Å². The Bertz CT molecular complexity index is 811. The molecule has 21 heavy (non-hydrogen) atoms. The zero-order valence-electron chi connectivity index (χ0n) is 11.3. The van der Waals surface area contributed by atoms with Gasteiger partial charge in [0.2, 0.25) is 0 Å². The fourth-order valence-corrected chi connectivity index (χ4v) is 3.25. The van der Waals surface area contributed by atoms with Crippen LogP contribution in [0.4, 0.5) is 0 Å². The van der Waals surface area contributed by atoms with Crippen LogP contribution in [0.15, 0.2) is 48.7 Å². The minimum Gasteiger partial charge on any atom is -0.486 e. The Morgan fingerprint density at radius 1 is 1.24 bits per heavy atom. The number of hydrogen-bond donors (Lipinski definition) is 1. The van der Waals surface area contributed by atoms with Crippen LogP contribution in [0.5, 0.6) is 5.75 Å². The lowest BCUT2D eigenvalue weighted by molar-refractivity contribution is 0.135. The van der Waals surface area contributed by atoms with Crippen LogP contribution in [0.2, 0.25) is 5.02 Å². The molecule has 0 aliphatic carbocycles. The van der Waals surface area contributed by atoms with Crippen LogP contribution in [0.25, 0.3) is 16.6 Å². The summed E-state index contributed by atoms with van der Waals surface area (Å²) in [7, 11) is 0. The molecule has 4 rings (SSSR count). The highest BCUT2D eigenvalue weighted by Gasteiger charge is 2.26. The Morgan fingerprint density at radius 2 is 2.05 bits per heavy atom. The van der Waals surface area contributed by atoms with E-state index in [2.05, 4.69) is 22.8 Å². The topological polar surface area (TPSA) is 34.4 Å². The average Bonchev–Trinajstić information content (AvgIpc) is 3.12. The normalized spacial score (nSPS) is 17.0. The number of para-hydroxylation sites is 1. The third kappa shape index (κ3) is 1.93. The second-order valence-electron chi connectivity index (χ2n) is 5.26. The Kier molecular flexibility index (Phi) is 2.91. The van der Waals surface area contributed by atoms with Crippen molar-refractivity contribution in [2.24, 2.45) is 0 Å². The quantitative estimate of drug-likeness (QED) is 0.785. The van der Waals surface area contributed by atoms with E-state index in [1.54, 1.807) is 0 Å². The number of aromatic nitrogens is 1. The van der Waals surface area contributed by atoms with Gasteiger partial charge in [0.25, 0.3) is 0 Å². The molecule has 1 aromatic heterocycles. The number of nitrogens with zero attached hydrogens (tertiary/aromatic N) is 1. The van der Waals surface area contributed by atoms with E-state index in [9.17, 15) is 5.11 Å². The van der Waals surface area contributed by atoms with Crippen molar-refractivity contribution in [1.29, 1.82) is 0 Å². The van der Waals surface area contributed by atoms with Crippen LogP contribution in [-0.4, -0.2) is 22.4 Å². The molecular formula is C17H14ClNO2. The molecule has 3 nitrogen and oxygen atoms in total. The maximum absolute atomic E-state index is 9.28. The number of hydrogen-bond acceptors (Lipinski definition) is 2. The SMILES string of the molecule is OCC1Cc2cc3c(ccn3-c3ccccc3)c(Cl)c2O1. The fraction of sp³-hybridized carbons (Fsp3) is 0.176. The molecule has 1 N–H and O–H groups in total. The van der Waals surface area contributed by atoms with Gasteiger partial charge in [-0.2, -0.15) is 0 Å². The lowest BCUT2D eigenvalue weighted by Crippen LogP contribution is -2.17. The smallest absolute Gasteiger partial charge is 0.142 e. The molecule has 1 unspecified atom stereocenters. The Balaban J connectivity index is 1.93. The van der Waals surface area contributed by atoms with Gasteiger partial charge in [-0.1, -0.05) is 29.8 Å². The van der Waals surface area contributed by atoms with Gasteiger partial charge in [-0.25, -0.2) is 0 Å². The molecule has 3 aromatic rings. The van der Waals surface area contributed by atoms with E-state index in [0.29, 0.717) is 17.2 Å². The number of halogens is 1. The first-order chi connectivity index (χ1) is 10.3. The second-order valence-corrected chi connectivity index (χ2v) is 5.64. The van der Waals surface area contributed by atoms with Crippen LogP contribution >= 0.6 is 11.6 Å². The van der Waals surface area contributed by atoms with Crippen molar-refractivity contribution in [3.8, 4) is 11.4 Å². The zero-order chi connectivity index (χ0) is 14.4. The summed E-state index contributed by atoms with van der Waals surface area (Å²) in [4.78, 5) is 0. The molecule has 0 radical (unpaired) electrons. The lowest BCUT2D eigenvalue weighted by Gasteiger charge is -2.09. The third-order valence-corrected chi connectivity index (χ3v) is 4.31. The predicted molar refractivity (Wildman–Crippen MR) is 83.5 cm³/mol. The Labute approximate surface area is 127 Å². The number of aliphatic hydroxyl groups is 1. The summed E-state index contributed by atoms with van der Waals surface area (Å²) in [6, 6.07) is 14.3. The van der Waals surface area contributed by atoms with Crippen LogP contribution in [-0.2, 0) is 6.42 Å². The Morgan fingerprint density at radius 3 is 2.81 bits per heavy atom. The van der Waals surface area contributed by atoms with Gasteiger partial charge in [0.15, 0.2) is 0 Å². The molecule has 0 saturated carbocycles. The summed E-state index contributed by atoms with van der Waals surface area (Å²) in [5.41, 5.74) is 3.22. The number of rotatable bonds is 2. The number of fused-ring (bicyclic) bond motifs is 2. The molecule has 0 bridgehead atoms. The van der Waals surface area contributed by atoms with Gasteiger partial charge >= 0.3 is 0 Å². The summed E-state index contributed by atoms with van der Waals surface area (Å²) in [6.45, 7) is 0.00785. The molecule has 1 aliphatic heterocycles. The van der Waals surface area contributed by atoms with Gasteiger partial charge in [-0.3, -0.25) is 0 Å². The van der Waals surface area contributed by atoms with Crippen molar-refractivity contribution in [1.82, 2.24) is 4.57 Å². The van der Waals surface area contributed by atoms with E-state index in [0.717, 1.165) is 22.2 Å². The van der Waals surface area contributed by atoms with E-state index in [1.807, 2.05) is 30.5 Å². The summed E-state index contributed by atoms with van der Waals surface area (Å²) < 4.78 is 7.84. The van der Waals surface area contributed by atoms with E-state index < -0.39 is 0 Å². The van der Waals surface area contributed by atoms with E-state index in [4.69, 9.17) is 16.3 Å². The number of benzene rings is 2. The lowest BCUT2D eigenvalue weighted by atomic mass is 10.1. The predicted octanol–water partition coefficient (Wildman–Crippen LogP) is 3.58. The number of aliphatic hydroxyl groups excluding tert-OH is 1. The summed E-state index contributed by atoms with van der Waals surface area (Å²) in [6.07, 6.45) is 2.53. The van der Waals surface area contributed by atoms with Crippen molar-refractivity contribution in [2.45, 2.75) is 12.5 Å². The second kappa shape index (κ2) is 4.79. The Hall–Kier alpha value is -1.97. The first-order valence-corrected chi connectivity index (χ1v) is 7.31. The highest BCUT2D eigenvalue weighted by Crippen LogP contribution is 2.42. The fourth-order valence-electron chi connectivity index (χ4n) is 2.92. The molecule has 0 spiro atoms. The monoisotopic (exact) mass is 299 g/mol. The van der Waals surface area contributed by atoms with E-state index >= 15 is 0 Å². The molecule has 106 valence electrons. The molecule has 2 aromatic carbocycles. The van der Waals surface area contributed by atoms with Crippen LogP contribution < -0.4 is 4.74 Å². The number of ether oxygens (including phenoxy) is 1. The highest BCUT2D eigenvalue weighted by atomic mass is 35.5. The standard InChI is InChI=1S/C17H14ClNO2/c18-16-14-6-7-19(12-4-2-1-3-5-12)15(14)9-11-8-13(10-20)21-17(11)16/h1-7,9,13,20H,8,10H2. The van der Waals surface area contributed by atoms with Gasteiger partial charge in [-0.05, 0) is 24.3 Å². The van der Waals surface area contributed by atoms with Gasteiger partial charge in [0, 0.05) is 29.3 Å². The van der Waals surface area contributed by atoms with Crippen molar-refractivity contribution in [2.75, 3.05) is 6.61 Å².